The van der Waals surface area contributed by atoms with Crippen molar-refractivity contribution in [3.8, 4) is 0 Å². The van der Waals surface area contributed by atoms with Gasteiger partial charge in [-0.25, -0.2) is 4.98 Å². The van der Waals surface area contributed by atoms with Crippen molar-refractivity contribution in [3.63, 3.8) is 0 Å². The van der Waals surface area contributed by atoms with Crippen LogP contribution in [0.2, 0.25) is 0 Å². The molecule has 0 atom stereocenters. The minimum Gasteiger partial charge on any atom is -0.354 e. The van der Waals surface area contributed by atoms with Crippen molar-refractivity contribution in [2.24, 2.45) is 0 Å². The molecule has 2 aliphatic carbocycles. The molecule has 0 unspecified atom stereocenters. The highest BCUT2D eigenvalue weighted by molar-refractivity contribution is 5.56. The zero-order valence-electron chi connectivity index (χ0n) is 14.3. The Morgan fingerprint density at radius 2 is 1.75 bits per heavy atom. The second-order valence-electron chi connectivity index (χ2n) is 7.50. The molecule has 5 rings (SSSR count). The molecule has 0 spiro atoms. The zero-order chi connectivity index (χ0) is 15.9. The van der Waals surface area contributed by atoms with Gasteiger partial charge in [-0.3, -0.25) is 4.90 Å². The molecule has 2 aromatic heterocycles. The lowest BCUT2D eigenvalue weighted by molar-refractivity contribution is 0.147. The van der Waals surface area contributed by atoms with Gasteiger partial charge in [0.05, 0.1) is 5.69 Å². The van der Waals surface area contributed by atoms with Gasteiger partial charge in [0, 0.05) is 37.8 Å². The Balaban J connectivity index is 1.40. The summed E-state index contributed by atoms with van der Waals surface area (Å²) in [4.78, 5) is 14.3. The van der Waals surface area contributed by atoms with Gasteiger partial charge in [-0.2, -0.15) is 14.6 Å². The first-order chi connectivity index (χ1) is 11.9. The van der Waals surface area contributed by atoms with E-state index in [0.717, 1.165) is 37.8 Å². The molecule has 0 radical (unpaired) electrons. The van der Waals surface area contributed by atoms with Gasteiger partial charge in [-0.1, -0.05) is 19.3 Å². The van der Waals surface area contributed by atoms with Crippen molar-refractivity contribution in [1.82, 2.24) is 24.5 Å². The summed E-state index contributed by atoms with van der Waals surface area (Å²) in [7, 11) is 0. The molecule has 0 bridgehead atoms. The van der Waals surface area contributed by atoms with Crippen molar-refractivity contribution in [1.29, 1.82) is 0 Å². The lowest BCUT2D eigenvalue weighted by Gasteiger charge is -2.41. The van der Waals surface area contributed by atoms with Crippen LogP contribution in [0.3, 0.4) is 0 Å². The van der Waals surface area contributed by atoms with Crippen LogP contribution in [0.15, 0.2) is 6.33 Å². The molecule has 1 saturated heterocycles. The molecular formula is C18H26N6. The van der Waals surface area contributed by atoms with Crippen molar-refractivity contribution in [3.05, 3.63) is 17.6 Å². The van der Waals surface area contributed by atoms with Crippen LogP contribution in [0.25, 0.3) is 5.78 Å². The molecule has 1 aliphatic heterocycles. The van der Waals surface area contributed by atoms with E-state index in [1.807, 2.05) is 4.52 Å². The van der Waals surface area contributed by atoms with Crippen molar-refractivity contribution in [2.45, 2.75) is 57.4 Å². The van der Waals surface area contributed by atoms with E-state index in [1.165, 1.54) is 68.7 Å². The first kappa shape index (κ1) is 14.6. The van der Waals surface area contributed by atoms with Gasteiger partial charge >= 0.3 is 0 Å². The number of piperazine rings is 1. The van der Waals surface area contributed by atoms with E-state index in [9.17, 15) is 0 Å². The van der Waals surface area contributed by atoms with Gasteiger partial charge in [-0.05, 0) is 32.1 Å². The quantitative estimate of drug-likeness (QED) is 0.845. The van der Waals surface area contributed by atoms with Gasteiger partial charge in [-0.15, -0.1) is 0 Å². The molecule has 2 fully saturated rings. The summed E-state index contributed by atoms with van der Waals surface area (Å²) in [6.07, 6.45) is 12.2. The lowest BCUT2D eigenvalue weighted by Crippen LogP contribution is -2.51. The maximum atomic E-state index is 4.71. The van der Waals surface area contributed by atoms with Gasteiger partial charge in [0.15, 0.2) is 0 Å². The Labute approximate surface area is 142 Å². The third kappa shape index (κ3) is 2.39. The highest BCUT2D eigenvalue weighted by Gasteiger charge is 2.29. The van der Waals surface area contributed by atoms with Crippen LogP contribution in [-0.4, -0.2) is 56.7 Å². The third-order valence-electron chi connectivity index (χ3n) is 6.13. The normalized spacial score (nSPS) is 23.1. The average Bonchev–Trinajstić information content (AvgIpc) is 3.29. The van der Waals surface area contributed by atoms with E-state index in [-0.39, 0.29) is 0 Å². The average molecular weight is 326 g/mol. The Morgan fingerprint density at radius 3 is 2.58 bits per heavy atom. The van der Waals surface area contributed by atoms with Crippen molar-refractivity contribution >= 4 is 11.6 Å². The Kier molecular flexibility index (Phi) is 3.65. The molecular weight excluding hydrogens is 300 g/mol. The van der Waals surface area contributed by atoms with Gasteiger partial charge in [0.1, 0.15) is 12.1 Å². The van der Waals surface area contributed by atoms with Gasteiger partial charge < -0.3 is 4.90 Å². The molecule has 0 N–H and O–H groups in total. The molecule has 6 heteroatoms. The Bertz CT molecular complexity index is 724. The molecule has 24 heavy (non-hydrogen) atoms. The SMILES string of the molecule is c1nc2nc3c(c(N4CCN(C5CCCCC5)CC4)n2n1)CCC3. The standard InChI is InChI=1S/C18H26N6/c1-2-5-14(6-3-1)22-9-11-23(12-10-22)17-15-7-4-8-16(15)21-18-19-13-20-24(17)18/h13-14H,1-12H2. The van der Waals surface area contributed by atoms with E-state index in [0.29, 0.717) is 0 Å². The minimum atomic E-state index is 0.764. The largest absolute Gasteiger partial charge is 0.354 e. The second-order valence-corrected chi connectivity index (χ2v) is 7.50. The van der Waals surface area contributed by atoms with Crippen LogP contribution in [0.5, 0.6) is 0 Å². The molecule has 128 valence electrons. The fourth-order valence-electron chi connectivity index (χ4n) is 4.87. The molecule has 0 aromatic carbocycles. The second kappa shape index (κ2) is 5.99. The van der Waals surface area contributed by atoms with Gasteiger partial charge in [0.2, 0.25) is 0 Å². The summed E-state index contributed by atoms with van der Waals surface area (Å²) < 4.78 is 1.97. The highest BCUT2D eigenvalue weighted by atomic mass is 15.4. The van der Waals surface area contributed by atoms with Crippen LogP contribution >= 0.6 is 0 Å². The van der Waals surface area contributed by atoms with Crippen LogP contribution in [0, 0.1) is 0 Å². The van der Waals surface area contributed by atoms with Crippen molar-refractivity contribution < 1.29 is 0 Å². The molecule has 0 amide bonds. The lowest BCUT2D eigenvalue weighted by atomic mass is 9.94. The summed E-state index contributed by atoms with van der Waals surface area (Å²) in [6, 6.07) is 0.829. The summed E-state index contributed by atoms with van der Waals surface area (Å²) in [5.41, 5.74) is 2.67. The van der Waals surface area contributed by atoms with E-state index in [4.69, 9.17) is 4.98 Å². The Hall–Kier alpha value is -1.69. The first-order valence-electron chi connectivity index (χ1n) is 9.60. The number of aryl methyl sites for hydroxylation is 1. The van der Waals surface area contributed by atoms with E-state index in [1.54, 1.807) is 6.33 Å². The van der Waals surface area contributed by atoms with Crippen LogP contribution < -0.4 is 4.90 Å². The van der Waals surface area contributed by atoms with E-state index < -0.39 is 0 Å². The smallest absolute Gasteiger partial charge is 0.254 e. The van der Waals surface area contributed by atoms with E-state index in [2.05, 4.69) is 19.9 Å². The number of hydrogen-bond acceptors (Lipinski definition) is 5. The molecule has 2 aromatic rings. The predicted molar refractivity (Wildman–Crippen MR) is 93.5 cm³/mol. The number of anilines is 1. The summed E-state index contributed by atoms with van der Waals surface area (Å²) in [5, 5.41) is 4.47. The Morgan fingerprint density at radius 1 is 0.917 bits per heavy atom. The topological polar surface area (TPSA) is 49.6 Å². The van der Waals surface area contributed by atoms with Crippen molar-refractivity contribution in [2.75, 3.05) is 31.1 Å². The third-order valence-corrected chi connectivity index (χ3v) is 6.13. The molecule has 3 heterocycles. The molecule has 6 nitrogen and oxygen atoms in total. The highest BCUT2D eigenvalue weighted by Crippen LogP contribution is 2.32. The minimum absolute atomic E-state index is 0.764. The number of hydrogen-bond donors (Lipinski definition) is 0. The summed E-state index contributed by atoms with van der Waals surface area (Å²) in [6.45, 7) is 4.56. The monoisotopic (exact) mass is 326 g/mol. The number of rotatable bonds is 2. The number of aromatic nitrogens is 4. The van der Waals surface area contributed by atoms with Crippen LogP contribution in [0.1, 0.15) is 49.8 Å². The van der Waals surface area contributed by atoms with Crippen LogP contribution in [0.4, 0.5) is 5.82 Å². The molecule has 1 saturated carbocycles. The first-order valence-corrected chi connectivity index (χ1v) is 9.60. The number of nitrogens with zero attached hydrogens (tertiary/aromatic N) is 6. The number of fused-ring (bicyclic) bond motifs is 2. The zero-order valence-corrected chi connectivity index (χ0v) is 14.3. The van der Waals surface area contributed by atoms with E-state index >= 15 is 0 Å². The summed E-state index contributed by atoms with van der Waals surface area (Å²) in [5.74, 6) is 2.04. The summed E-state index contributed by atoms with van der Waals surface area (Å²) >= 11 is 0. The van der Waals surface area contributed by atoms with Gasteiger partial charge in [0.25, 0.3) is 5.78 Å². The maximum absolute atomic E-state index is 4.71. The van der Waals surface area contributed by atoms with Crippen LogP contribution in [-0.2, 0) is 12.8 Å². The fraction of sp³-hybridized carbons (Fsp3) is 0.722. The maximum Gasteiger partial charge on any atom is 0.254 e. The fourth-order valence-corrected chi connectivity index (χ4v) is 4.87. The molecule has 3 aliphatic rings. The predicted octanol–water partition coefficient (Wildman–Crippen LogP) is 2.07.